The summed E-state index contributed by atoms with van der Waals surface area (Å²) in [5, 5.41) is 2.80. The van der Waals surface area contributed by atoms with Crippen LogP contribution in [0.2, 0.25) is 0 Å². The molecule has 0 saturated heterocycles. The molecule has 2 aromatic carbocycles. The summed E-state index contributed by atoms with van der Waals surface area (Å²) in [4.78, 5) is 13.5. The zero-order chi connectivity index (χ0) is 16.3. The van der Waals surface area contributed by atoms with Crippen molar-refractivity contribution in [2.45, 2.75) is 24.2 Å². The van der Waals surface area contributed by atoms with Gasteiger partial charge in [-0.05, 0) is 56.0 Å². The van der Waals surface area contributed by atoms with E-state index in [2.05, 4.69) is 5.32 Å². The van der Waals surface area contributed by atoms with E-state index in [4.69, 9.17) is 0 Å². The second kappa shape index (κ2) is 6.48. The summed E-state index contributed by atoms with van der Waals surface area (Å²) >= 11 is 1.57. The van der Waals surface area contributed by atoms with E-state index >= 15 is 0 Å². The molecule has 0 spiro atoms. The fourth-order valence-electron chi connectivity index (χ4n) is 2.03. The summed E-state index contributed by atoms with van der Waals surface area (Å²) in [7, 11) is 0. The van der Waals surface area contributed by atoms with Crippen molar-refractivity contribution in [2.24, 2.45) is 0 Å². The normalized spacial score (nSPS) is 11.3. The fourth-order valence-corrected chi connectivity index (χ4v) is 2.49. The second-order valence-corrected chi connectivity index (χ2v) is 6.35. The zero-order valence-electron chi connectivity index (χ0n) is 12.6. The lowest BCUT2D eigenvalue weighted by molar-refractivity contribution is -0.120. The molecule has 1 amide bonds. The molecule has 5 heteroatoms. The average Bonchev–Trinajstić information content (AvgIpc) is 2.46. The topological polar surface area (TPSA) is 29.1 Å². The number of amides is 1. The molecule has 116 valence electrons. The number of carbonyl (C=O) groups excluding carboxylic acids is 1. The number of thioether (sulfide) groups is 1. The van der Waals surface area contributed by atoms with Crippen LogP contribution in [0.5, 0.6) is 0 Å². The monoisotopic (exact) mass is 321 g/mol. The van der Waals surface area contributed by atoms with E-state index in [9.17, 15) is 13.6 Å². The maximum atomic E-state index is 13.4. The lowest BCUT2D eigenvalue weighted by atomic mass is 9.83. The van der Waals surface area contributed by atoms with Crippen LogP contribution in [0, 0.1) is 11.6 Å². The van der Waals surface area contributed by atoms with Crippen molar-refractivity contribution in [3.63, 3.8) is 0 Å². The van der Waals surface area contributed by atoms with Crippen molar-refractivity contribution < 1.29 is 13.6 Å². The zero-order valence-corrected chi connectivity index (χ0v) is 13.4. The summed E-state index contributed by atoms with van der Waals surface area (Å²) in [6.45, 7) is 3.27. The van der Waals surface area contributed by atoms with Gasteiger partial charge in [0.05, 0.1) is 5.41 Å². The Labute approximate surface area is 132 Å². The predicted molar refractivity (Wildman–Crippen MR) is 86.2 cm³/mol. The second-order valence-electron chi connectivity index (χ2n) is 5.47. The van der Waals surface area contributed by atoms with Gasteiger partial charge in [-0.1, -0.05) is 6.07 Å². The highest BCUT2D eigenvalue weighted by Gasteiger charge is 2.30. The van der Waals surface area contributed by atoms with Crippen LogP contribution >= 0.6 is 11.8 Å². The van der Waals surface area contributed by atoms with Crippen LogP contribution in [0.15, 0.2) is 47.4 Å². The van der Waals surface area contributed by atoms with E-state index in [0.717, 1.165) is 11.0 Å². The van der Waals surface area contributed by atoms with Crippen LogP contribution in [0.4, 0.5) is 14.5 Å². The van der Waals surface area contributed by atoms with Gasteiger partial charge in [0.1, 0.15) is 11.6 Å². The van der Waals surface area contributed by atoms with Crippen LogP contribution in [0.3, 0.4) is 0 Å². The Hall–Kier alpha value is -1.88. The maximum absolute atomic E-state index is 13.4. The first kappa shape index (κ1) is 16.5. The molecule has 2 nitrogen and oxygen atoms in total. The van der Waals surface area contributed by atoms with Crippen molar-refractivity contribution in [1.29, 1.82) is 0 Å². The van der Waals surface area contributed by atoms with E-state index in [1.54, 1.807) is 31.7 Å². The van der Waals surface area contributed by atoms with E-state index in [0.29, 0.717) is 11.3 Å². The number of carbonyl (C=O) groups is 1. The standard InChI is InChI=1S/C17H17F2NOS/c1-17(2,11-7-12(18)9-13(19)8-11)16(21)20-14-5-4-6-15(10-14)22-3/h4-10H,1-3H3,(H,20,21). The highest BCUT2D eigenvalue weighted by Crippen LogP contribution is 2.27. The molecule has 1 N–H and O–H groups in total. The molecule has 0 aliphatic rings. The fraction of sp³-hybridized carbons (Fsp3) is 0.235. The molecule has 0 bridgehead atoms. The van der Waals surface area contributed by atoms with E-state index in [-0.39, 0.29) is 5.91 Å². The summed E-state index contributed by atoms with van der Waals surface area (Å²) in [6.07, 6.45) is 1.94. The summed E-state index contributed by atoms with van der Waals surface area (Å²) in [5.74, 6) is -1.71. The summed E-state index contributed by atoms with van der Waals surface area (Å²) in [5.41, 5.74) is -0.108. The third-order valence-corrected chi connectivity index (χ3v) is 4.20. The van der Waals surface area contributed by atoms with Gasteiger partial charge >= 0.3 is 0 Å². The lowest BCUT2D eigenvalue weighted by Crippen LogP contribution is -2.35. The molecular weight excluding hydrogens is 304 g/mol. The number of halogens is 2. The predicted octanol–water partition coefficient (Wildman–Crippen LogP) is 4.60. The molecular formula is C17H17F2NOS. The van der Waals surface area contributed by atoms with Crippen LogP contribution in [0.1, 0.15) is 19.4 Å². The van der Waals surface area contributed by atoms with Gasteiger partial charge in [0.2, 0.25) is 5.91 Å². The van der Waals surface area contributed by atoms with Crippen molar-refractivity contribution >= 4 is 23.4 Å². The Balaban J connectivity index is 2.26. The highest BCUT2D eigenvalue weighted by molar-refractivity contribution is 7.98. The number of anilines is 1. The molecule has 2 aromatic rings. The van der Waals surface area contributed by atoms with Gasteiger partial charge in [-0.3, -0.25) is 4.79 Å². The minimum Gasteiger partial charge on any atom is -0.325 e. The molecule has 22 heavy (non-hydrogen) atoms. The first-order valence-corrected chi connectivity index (χ1v) is 7.97. The average molecular weight is 321 g/mol. The Morgan fingerprint density at radius 2 is 1.73 bits per heavy atom. The highest BCUT2D eigenvalue weighted by atomic mass is 32.2. The van der Waals surface area contributed by atoms with Crippen LogP contribution < -0.4 is 5.32 Å². The van der Waals surface area contributed by atoms with Crippen LogP contribution in [0.25, 0.3) is 0 Å². The van der Waals surface area contributed by atoms with Crippen LogP contribution in [-0.4, -0.2) is 12.2 Å². The molecule has 0 aliphatic heterocycles. The van der Waals surface area contributed by atoms with Crippen molar-refractivity contribution in [3.8, 4) is 0 Å². The lowest BCUT2D eigenvalue weighted by Gasteiger charge is -2.24. The molecule has 0 atom stereocenters. The van der Waals surface area contributed by atoms with Crippen molar-refractivity contribution in [1.82, 2.24) is 0 Å². The first-order valence-electron chi connectivity index (χ1n) is 6.75. The van der Waals surface area contributed by atoms with Crippen molar-refractivity contribution in [2.75, 3.05) is 11.6 Å². The van der Waals surface area contributed by atoms with E-state index in [1.165, 1.54) is 12.1 Å². The molecule has 0 heterocycles. The van der Waals surface area contributed by atoms with Gasteiger partial charge in [-0.2, -0.15) is 0 Å². The molecule has 0 unspecified atom stereocenters. The maximum Gasteiger partial charge on any atom is 0.234 e. The number of hydrogen-bond donors (Lipinski definition) is 1. The van der Waals surface area contributed by atoms with Crippen LogP contribution in [-0.2, 0) is 10.2 Å². The van der Waals surface area contributed by atoms with Gasteiger partial charge in [0.25, 0.3) is 0 Å². The van der Waals surface area contributed by atoms with E-state index in [1.807, 2.05) is 24.5 Å². The van der Waals surface area contributed by atoms with Crippen molar-refractivity contribution in [3.05, 3.63) is 59.7 Å². The van der Waals surface area contributed by atoms with Gasteiger partial charge in [0, 0.05) is 16.6 Å². The largest absolute Gasteiger partial charge is 0.325 e. The Morgan fingerprint density at radius 3 is 2.32 bits per heavy atom. The first-order chi connectivity index (χ1) is 10.3. The SMILES string of the molecule is CSc1cccc(NC(=O)C(C)(C)c2cc(F)cc(F)c2)c1. The smallest absolute Gasteiger partial charge is 0.234 e. The molecule has 0 radical (unpaired) electrons. The van der Waals surface area contributed by atoms with Gasteiger partial charge in [-0.15, -0.1) is 11.8 Å². The van der Waals surface area contributed by atoms with Gasteiger partial charge < -0.3 is 5.32 Å². The minimum absolute atomic E-state index is 0.295. The van der Waals surface area contributed by atoms with E-state index < -0.39 is 17.0 Å². The number of benzene rings is 2. The third kappa shape index (κ3) is 3.65. The Bertz CT molecular complexity index is 681. The molecule has 2 rings (SSSR count). The summed E-state index contributed by atoms with van der Waals surface area (Å²) < 4.78 is 26.7. The molecule has 0 fully saturated rings. The third-order valence-electron chi connectivity index (χ3n) is 3.48. The summed E-state index contributed by atoms with van der Waals surface area (Å²) in [6, 6.07) is 10.6. The minimum atomic E-state index is -1.06. The Morgan fingerprint density at radius 1 is 1.09 bits per heavy atom. The number of hydrogen-bond acceptors (Lipinski definition) is 2. The van der Waals surface area contributed by atoms with Gasteiger partial charge in [0.15, 0.2) is 0 Å². The molecule has 0 aliphatic carbocycles. The number of rotatable bonds is 4. The Kier molecular flexibility index (Phi) is 4.86. The van der Waals surface area contributed by atoms with Gasteiger partial charge in [-0.25, -0.2) is 8.78 Å². The molecule has 0 aromatic heterocycles. The molecule has 0 saturated carbocycles. The number of nitrogens with one attached hydrogen (secondary N) is 1. The quantitative estimate of drug-likeness (QED) is 0.834.